The third kappa shape index (κ3) is 3.28. The van der Waals surface area contributed by atoms with Gasteiger partial charge in [0.2, 0.25) is 0 Å². The van der Waals surface area contributed by atoms with Gasteiger partial charge in [-0.25, -0.2) is 4.79 Å². The molecule has 0 aromatic carbocycles. The number of hydrogen-bond donors (Lipinski definition) is 3. The molecule has 1 aromatic heterocycles. The third-order valence-electron chi connectivity index (χ3n) is 3.63. The molecule has 0 radical (unpaired) electrons. The summed E-state index contributed by atoms with van der Waals surface area (Å²) in [5.41, 5.74) is 11.8. The zero-order chi connectivity index (χ0) is 16.3. The highest BCUT2D eigenvalue weighted by molar-refractivity contribution is 5.35. The minimum absolute atomic E-state index is 0.166. The molecule has 0 saturated carbocycles. The van der Waals surface area contributed by atoms with Gasteiger partial charge >= 0.3 is 5.69 Å². The molecule has 1 saturated heterocycles. The Morgan fingerprint density at radius 2 is 2.23 bits per heavy atom. The van der Waals surface area contributed by atoms with Crippen molar-refractivity contribution in [3.05, 3.63) is 22.2 Å². The SMILES string of the molecule is COCCO[C@@H]1[C@H](N)[C@@H](CO)O[C@H]1n1cc(C)c(N)nc1=O. The van der Waals surface area contributed by atoms with E-state index in [-0.39, 0.29) is 12.4 Å². The van der Waals surface area contributed by atoms with E-state index in [2.05, 4.69) is 4.98 Å². The first kappa shape index (κ1) is 16.8. The van der Waals surface area contributed by atoms with Crippen LogP contribution in [0.2, 0.25) is 0 Å². The second kappa shape index (κ2) is 7.16. The molecule has 0 unspecified atom stereocenters. The normalized spacial score (nSPS) is 28.2. The van der Waals surface area contributed by atoms with Gasteiger partial charge in [0.15, 0.2) is 6.23 Å². The third-order valence-corrected chi connectivity index (χ3v) is 3.63. The first-order valence-corrected chi connectivity index (χ1v) is 6.97. The van der Waals surface area contributed by atoms with Gasteiger partial charge in [-0.05, 0) is 6.92 Å². The average molecular weight is 314 g/mol. The summed E-state index contributed by atoms with van der Waals surface area (Å²) in [6.45, 7) is 2.14. The summed E-state index contributed by atoms with van der Waals surface area (Å²) in [6, 6.07) is -0.573. The summed E-state index contributed by atoms with van der Waals surface area (Å²) in [5.74, 6) is 0.166. The smallest absolute Gasteiger partial charge is 0.351 e. The predicted molar refractivity (Wildman–Crippen MR) is 78.2 cm³/mol. The van der Waals surface area contributed by atoms with E-state index in [4.69, 9.17) is 25.7 Å². The molecule has 4 atom stereocenters. The summed E-state index contributed by atoms with van der Waals surface area (Å²) in [4.78, 5) is 15.8. The molecule has 1 aromatic rings. The van der Waals surface area contributed by atoms with E-state index in [1.54, 1.807) is 20.2 Å². The molecular weight excluding hydrogens is 292 g/mol. The summed E-state index contributed by atoms with van der Waals surface area (Å²) in [5, 5.41) is 9.35. The maximum atomic E-state index is 12.1. The number of nitrogens with two attached hydrogens (primary N) is 2. The molecule has 0 aliphatic carbocycles. The summed E-state index contributed by atoms with van der Waals surface area (Å²) >= 11 is 0. The highest BCUT2D eigenvalue weighted by Gasteiger charge is 2.44. The van der Waals surface area contributed by atoms with Crippen molar-refractivity contribution >= 4 is 5.82 Å². The largest absolute Gasteiger partial charge is 0.394 e. The predicted octanol–water partition coefficient (Wildman–Crippen LogP) is -1.62. The number of nitrogens with zero attached hydrogens (tertiary/aromatic N) is 2. The first-order valence-electron chi connectivity index (χ1n) is 6.97. The number of rotatable bonds is 6. The molecule has 124 valence electrons. The van der Waals surface area contributed by atoms with Crippen molar-refractivity contribution < 1.29 is 19.3 Å². The van der Waals surface area contributed by atoms with Crippen molar-refractivity contribution in [2.45, 2.75) is 31.4 Å². The van der Waals surface area contributed by atoms with E-state index in [9.17, 15) is 9.90 Å². The van der Waals surface area contributed by atoms with Gasteiger partial charge < -0.3 is 30.8 Å². The molecule has 22 heavy (non-hydrogen) atoms. The number of anilines is 1. The van der Waals surface area contributed by atoms with E-state index in [1.165, 1.54) is 4.57 Å². The van der Waals surface area contributed by atoms with Crippen LogP contribution in [0.5, 0.6) is 0 Å². The zero-order valence-corrected chi connectivity index (χ0v) is 12.6. The van der Waals surface area contributed by atoms with Crippen LogP contribution in [0.4, 0.5) is 5.82 Å². The lowest BCUT2D eigenvalue weighted by molar-refractivity contribution is -0.0788. The lowest BCUT2D eigenvalue weighted by Crippen LogP contribution is -2.44. The second-order valence-electron chi connectivity index (χ2n) is 5.15. The molecule has 1 fully saturated rings. The van der Waals surface area contributed by atoms with Gasteiger partial charge in [-0.15, -0.1) is 0 Å². The van der Waals surface area contributed by atoms with Crippen molar-refractivity contribution in [3.8, 4) is 0 Å². The van der Waals surface area contributed by atoms with Gasteiger partial charge in [0.05, 0.1) is 25.9 Å². The molecule has 0 amide bonds. The fraction of sp³-hybridized carbons (Fsp3) is 0.692. The van der Waals surface area contributed by atoms with Crippen LogP contribution >= 0.6 is 0 Å². The maximum absolute atomic E-state index is 12.1. The Bertz CT molecular complexity index is 564. The average Bonchev–Trinajstić information content (AvgIpc) is 2.80. The summed E-state index contributed by atoms with van der Waals surface area (Å²) < 4.78 is 17.6. The number of nitrogen functional groups attached to an aromatic ring is 1. The first-order chi connectivity index (χ1) is 10.5. The van der Waals surface area contributed by atoms with Crippen LogP contribution in [0.1, 0.15) is 11.8 Å². The number of aliphatic hydroxyl groups excluding tert-OH is 1. The van der Waals surface area contributed by atoms with Crippen LogP contribution < -0.4 is 17.2 Å². The summed E-state index contributed by atoms with van der Waals surface area (Å²) in [6.07, 6.45) is -0.450. The Morgan fingerprint density at radius 1 is 1.50 bits per heavy atom. The number of aromatic nitrogens is 2. The standard InChI is InChI=1S/C13H22N4O5/c1-7-5-17(13(19)16-11(7)15)12-10(21-4-3-20-2)9(14)8(6-18)22-12/h5,8-10,12,18H,3-4,6,14H2,1-2H3,(H2,15,16,19)/t8-,9-,10-,12-/m1/s1. The number of ether oxygens (including phenoxy) is 3. The van der Waals surface area contributed by atoms with Gasteiger partial charge in [-0.3, -0.25) is 4.57 Å². The van der Waals surface area contributed by atoms with Crippen LogP contribution in [-0.2, 0) is 14.2 Å². The molecular formula is C13H22N4O5. The number of aryl methyl sites for hydroxylation is 1. The second-order valence-corrected chi connectivity index (χ2v) is 5.15. The van der Waals surface area contributed by atoms with Crippen molar-refractivity contribution in [1.29, 1.82) is 0 Å². The minimum Gasteiger partial charge on any atom is -0.394 e. The molecule has 0 spiro atoms. The van der Waals surface area contributed by atoms with Crippen molar-refractivity contribution in [1.82, 2.24) is 9.55 Å². The Kier molecular flexibility index (Phi) is 5.48. The molecule has 5 N–H and O–H groups in total. The van der Waals surface area contributed by atoms with Crippen LogP contribution in [0, 0.1) is 6.92 Å². The highest BCUT2D eigenvalue weighted by atomic mass is 16.6. The van der Waals surface area contributed by atoms with Gasteiger partial charge in [-0.2, -0.15) is 4.98 Å². The van der Waals surface area contributed by atoms with Crippen molar-refractivity contribution in [2.75, 3.05) is 32.7 Å². The van der Waals surface area contributed by atoms with Crippen LogP contribution in [-0.4, -0.2) is 59.8 Å². The monoisotopic (exact) mass is 314 g/mol. The molecule has 1 aliphatic heterocycles. The van der Waals surface area contributed by atoms with Gasteiger partial charge in [0.25, 0.3) is 0 Å². The molecule has 9 nitrogen and oxygen atoms in total. The Labute approximate surface area is 127 Å². The van der Waals surface area contributed by atoms with Gasteiger partial charge in [0, 0.05) is 18.9 Å². The fourth-order valence-electron chi connectivity index (χ4n) is 2.36. The molecule has 9 heteroatoms. The quantitative estimate of drug-likeness (QED) is 0.533. The van der Waals surface area contributed by atoms with E-state index >= 15 is 0 Å². The molecule has 2 rings (SSSR count). The zero-order valence-electron chi connectivity index (χ0n) is 12.6. The number of aliphatic hydroxyl groups is 1. The Hall–Kier alpha value is -1.52. The lowest BCUT2D eigenvalue weighted by atomic mass is 10.1. The van der Waals surface area contributed by atoms with E-state index < -0.39 is 30.2 Å². The topological polar surface area (TPSA) is 135 Å². The van der Waals surface area contributed by atoms with Crippen molar-refractivity contribution in [2.24, 2.45) is 5.73 Å². The lowest BCUT2D eigenvalue weighted by Gasteiger charge is -2.23. The van der Waals surface area contributed by atoms with Crippen molar-refractivity contribution in [3.63, 3.8) is 0 Å². The Balaban J connectivity index is 2.29. The minimum atomic E-state index is -0.775. The maximum Gasteiger partial charge on any atom is 0.351 e. The molecule has 2 heterocycles. The van der Waals surface area contributed by atoms with Gasteiger partial charge in [-0.1, -0.05) is 0 Å². The van der Waals surface area contributed by atoms with Crippen LogP contribution in [0.15, 0.2) is 11.0 Å². The van der Waals surface area contributed by atoms with Crippen LogP contribution in [0.3, 0.4) is 0 Å². The van der Waals surface area contributed by atoms with E-state index in [1.807, 2.05) is 0 Å². The van der Waals surface area contributed by atoms with E-state index in [0.29, 0.717) is 18.8 Å². The fourth-order valence-corrected chi connectivity index (χ4v) is 2.36. The van der Waals surface area contributed by atoms with E-state index in [0.717, 1.165) is 0 Å². The molecule has 1 aliphatic rings. The van der Waals surface area contributed by atoms with Gasteiger partial charge in [0.1, 0.15) is 18.0 Å². The number of hydrogen-bond acceptors (Lipinski definition) is 8. The van der Waals surface area contributed by atoms with Crippen LogP contribution in [0.25, 0.3) is 0 Å². The summed E-state index contributed by atoms with van der Waals surface area (Å²) in [7, 11) is 1.56. The Morgan fingerprint density at radius 3 is 2.86 bits per heavy atom. The highest BCUT2D eigenvalue weighted by Crippen LogP contribution is 2.29. The molecule has 0 bridgehead atoms. The number of methoxy groups -OCH3 is 1.